The molecule has 0 N–H and O–H groups in total. The van der Waals surface area contributed by atoms with Gasteiger partial charge >= 0.3 is 0 Å². The van der Waals surface area contributed by atoms with Gasteiger partial charge in [-0.1, -0.05) is 13.8 Å². The van der Waals surface area contributed by atoms with Crippen molar-refractivity contribution in [2.45, 2.75) is 50.9 Å². The molecule has 0 saturated heterocycles. The normalized spacial score (nSPS) is 29.9. The van der Waals surface area contributed by atoms with Gasteiger partial charge in [0.05, 0.1) is 16.4 Å². The molecule has 90 valence electrons. The SMILES string of the molecule is CCCn1ncc(Br)c1C1CCC(Cl)C1C. The van der Waals surface area contributed by atoms with Crippen LogP contribution in [0.4, 0.5) is 0 Å². The molecule has 0 aliphatic heterocycles. The Kier molecular flexibility index (Phi) is 3.96. The lowest BCUT2D eigenvalue weighted by atomic mass is 9.94. The van der Waals surface area contributed by atoms with Gasteiger partial charge in [0.25, 0.3) is 0 Å². The summed E-state index contributed by atoms with van der Waals surface area (Å²) in [5, 5.41) is 4.76. The topological polar surface area (TPSA) is 17.8 Å². The maximum Gasteiger partial charge on any atom is 0.0635 e. The van der Waals surface area contributed by atoms with E-state index in [9.17, 15) is 0 Å². The lowest BCUT2D eigenvalue weighted by molar-refractivity contribution is 0.473. The highest BCUT2D eigenvalue weighted by Crippen LogP contribution is 2.44. The second-order valence-electron chi connectivity index (χ2n) is 4.66. The monoisotopic (exact) mass is 304 g/mol. The minimum absolute atomic E-state index is 0.321. The minimum atomic E-state index is 0.321. The van der Waals surface area contributed by atoms with E-state index < -0.39 is 0 Å². The number of hydrogen-bond donors (Lipinski definition) is 0. The lowest BCUT2D eigenvalue weighted by Gasteiger charge is -2.19. The van der Waals surface area contributed by atoms with Crippen LogP contribution in [-0.4, -0.2) is 15.2 Å². The van der Waals surface area contributed by atoms with Crippen LogP contribution < -0.4 is 0 Å². The van der Waals surface area contributed by atoms with Crippen LogP contribution in [0.5, 0.6) is 0 Å². The predicted molar refractivity (Wildman–Crippen MR) is 71.0 cm³/mol. The first-order valence-corrected chi connectivity index (χ1v) is 7.23. The number of aromatic nitrogens is 2. The standard InChI is InChI=1S/C12H18BrClN2/c1-3-6-16-12(10(13)7-15-16)9-4-5-11(14)8(9)2/h7-9,11H,3-6H2,1-2H3. The maximum absolute atomic E-state index is 6.31. The van der Waals surface area contributed by atoms with Crippen molar-refractivity contribution >= 4 is 27.5 Å². The fourth-order valence-electron chi connectivity index (χ4n) is 2.63. The summed E-state index contributed by atoms with van der Waals surface area (Å²) in [7, 11) is 0. The summed E-state index contributed by atoms with van der Waals surface area (Å²) >= 11 is 9.93. The minimum Gasteiger partial charge on any atom is -0.268 e. The molecule has 2 rings (SSSR count). The highest BCUT2D eigenvalue weighted by molar-refractivity contribution is 9.10. The molecular weight excluding hydrogens is 288 g/mol. The van der Waals surface area contributed by atoms with E-state index in [4.69, 9.17) is 11.6 Å². The zero-order valence-electron chi connectivity index (χ0n) is 9.79. The first kappa shape index (κ1) is 12.4. The third-order valence-electron chi connectivity index (χ3n) is 3.58. The van der Waals surface area contributed by atoms with Crippen molar-refractivity contribution < 1.29 is 0 Å². The second kappa shape index (κ2) is 5.09. The number of halogens is 2. The van der Waals surface area contributed by atoms with Gasteiger partial charge in [0.1, 0.15) is 0 Å². The van der Waals surface area contributed by atoms with Crippen molar-refractivity contribution in [3.63, 3.8) is 0 Å². The predicted octanol–water partition coefficient (Wildman–Crippen LogP) is 4.18. The Labute approximate surface area is 110 Å². The van der Waals surface area contributed by atoms with E-state index in [0.29, 0.717) is 17.2 Å². The van der Waals surface area contributed by atoms with Crippen LogP contribution >= 0.6 is 27.5 Å². The molecular formula is C12H18BrClN2. The Balaban J connectivity index is 2.28. The zero-order chi connectivity index (χ0) is 11.7. The van der Waals surface area contributed by atoms with Crippen LogP contribution in [0.1, 0.15) is 44.7 Å². The summed E-state index contributed by atoms with van der Waals surface area (Å²) in [6, 6.07) is 0. The fourth-order valence-corrected chi connectivity index (χ4v) is 3.52. The molecule has 1 aromatic heterocycles. The van der Waals surface area contributed by atoms with Crippen LogP contribution in [0.2, 0.25) is 0 Å². The van der Waals surface area contributed by atoms with Crippen LogP contribution in [0.15, 0.2) is 10.7 Å². The Morgan fingerprint density at radius 2 is 2.31 bits per heavy atom. The second-order valence-corrected chi connectivity index (χ2v) is 6.07. The smallest absolute Gasteiger partial charge is 0.0635 e. The van der Waals surface area contributed by atoms with E-state index in [0.717, 1.165) is 23.9 Å². The lowest BCUT2D eigenvalue weighted by Crippen LogP contribution is -2.15. The van der Waals surface area contributed by atoms with Gasteiger partial charge in [0.2, 0.25) is 0 Å². The zero-order valence-corrected chi connectivity index (χ0v) is 12.1. The molecule has 0 radical (unpaired) electrons. The number of rotatable bonds is 3. The van der Waals surface area contributed by atoms with Crippen molar-refractivity contribution in [1.82, 2.24) is 9.78 Å². The van der Waals surface area contributed by atoms with Gasteiger partial charge in [0, 0.05) is 17.8 Å². The highest BCUT2D eigenvalue weighted by atomic mass is 79.9. The third-order valence-corrected chi connectivity index (χ3v) is 4.81. The van der Waals surface area contributed by atoms with E-state index in [1.54, 1.807) is 0 Å². The Morgan fingerprint density at radius 1 is 1.56 bits per heavy atom. The quantitative estimate of drug-likeness (QED) is 0.766. The summed E-state index contributed by atoms with van der Waals surface area (Å²) in [6.07, 6.45) is 5.34. The average Bonchev–Trinajstić information content (AvgIpc) is 2.75. The molecule has 1 aromatic rings. The first-order valence-electron chi connectivity index (χ1n) is 6.00. The molecule has 3 unspecified atom stereocenters. The summed E-state index contributed by atoms with van der Waals surface area (Å²) in [4.78, 5) is 0. The summed E-state index contributed by atoms with van der Waals surface area (Å²) in [5.41, 5.74) is 1.34. The molecule has 0 spiro atoms. The molecule has 0 aromatic carbocycles. The summed E-state index contributed by atoms with van der Waals surface area (Å²) < 4.78 is 3.28. The molecule has 0 amide bonds. The Hall–Kier alpha value is -0.0200. The van der Waals surface area contributed by atoms with Gasteiger partial charge in [0.15, 0.2) is 0 Å². The molecule has 3 atom stereocenters. The highest BCUT2D eigenvalue weighted by Gasteiger charge is 2.35. The first-order chi connectivity index (χ1) is 7.65. The van der Waals surface area contributed by atoms with Crippen molar-refractivity contribution in [2.24, 2.45) is 5.92 Å². The van der Waals surface area contributed by atoms with Gasteiger partial charge in [-0.3, -0.25) is 4.68 Å². The largest absolute Gasteiger partial charge is 0.268 e. The van der Waals surface area contributed by atoms with E-state index in [2.05, 4.69) is 39.6 Å². The van der Waals surface area contributed by atoms with Crippen LogP contribution in [0, 0.1) is 5.92 Å². The molecule has 1 aliphatic carbocycles. The Morgan fingerprint density at radius 3 is 2.88 bits per heavy atom. The van der Waals surface area contributed by atoms with E-state index in [1.807, 2.05) is 6.20 Å². The molecule has 1 fully saturated rings. The van der Waals surface area contributed by atoms with Gasteiger partial charge < -0.3 is 0 Å². The van der Waals surface area contributed by atoms with E-state index >= 15 is 0 Å². The van der Waals surface area contributed by atoms with E-state index in [-0.39, 0.29) is 0 Å². The van der Waals surface area contributed by atoms with Crippen molar-refractivity contribution in [3.05, 3.63) is 16.4 Å². The molecule has 4 heteroatoms. The number of aryl methyl sites for hydroxylation is 1. The van der Waals surface area contributed by atoms with Gasteiger partial charge in [-0.15, -0.1) is 11.6 Å². The van der Waals surface area contributed by atoms with Crippen LogP contribution in [0.25, 0.3) is 0 Å². The molecule has 1 aliphatic rings. The number of nitrogens with zero attached hydrogens (tertiary/aromatic N) is 2. The van der Waals surface area contributed by atoms with E-state index in [1.165, 1.54) is 12.1 Å². The average molecular weight is 306 g/mol. The van der Waals surface area contributed by atoms with Gasteiger partial charge in [-0.25, -0.2) is 0 Å². The van der Waals surface area contributed by atoms with Gasteiger partial charge in [-0.05, 0) is 41.1 Å². The Bertz CT molecular complexity index is 364. The van der Waals surface area contributed by atoms with Crippen LogP contribution in [0.3, 0.4) is 0 Å². The fraction of sp³-hybridized carbons (Fsp3) is 0.750. The van der Waals surface area contributed by atoms with Crippen molar-refractivity contribution in [1.29, 1.82) is 0 Å². The van der Waals surface area contributed by atoms with Crippen LogP contribution in [-0.2, 0) is 6.54 Å². The molecule has 1 heterocycles. The number of alkyl halides is 1. The summed E-state index contributed by atoms with van der Waals surface area (Å²) in [5.74, 6) is 1.11. The third kappa shape index (κ3) is 2.17. The van der Waals surface area contributed by atoms with Gasteiger partial charge in [-0.2, -0.15) is 5.10 Å². The number of hydrogen-bond acceptors (Lipinski definition) is 1. The maximum atomic E-state index is 6.31. The molecule has 16 heavy (non-hydrogen) atoms. The summed E-state index contributed by atoms with van der Waals surface area (Å²) in [6.45, 7) is 5.43. The molecule has 0 bridgehead atoms. The van der Waals surface area contributed by atoms with Crippen molar-refractivity contribution in [3.8, 4) is 0 Å². The van der Waals surface area contributed by atoms with Crippen molar-refractivity contribution in [2.75, 3.05) is 0 Å². The molecule has 2 nitrogen and oxygen atoms in total. The molecule has 1 saturated carbocycles.